The summed E-state index contributed by atoms with van der Waals surface area (Å²) in [5.41, 5.74) is -0.0911. The number of hydrogen-bond acceptors (Lipinski definition) is 6. The highest BCUT2D eigenvalue weighted by atomic mass is 79.9. The van der Waals surface area contributed by atoms with Gasteiger partial charge >= 0.3 is 5.97 Å². The Morgan fingerprint density at radius 1 is 1.57 bits per heavy atom. The van der Waals surface area contributed by atoms with Crippen LogP contribution in [0.2, 0.25) is 0 Å². The number of nitriles is 1. The van der Waals surface area contributed by atoms with Crippen LogP contribution >= 0.6 is 15.9 Å². The van der Waals surface area contributed by atoms with Gasteiger partial charge in [0.1, 0.15) is 17.4 Å². The standard InChI is InChI=1S/C14H15BrN2O4/c1-2-20-14(18)10(9-16)7-11-8-12(15)13(21-11)17-3-5-19-6-4-17/h7-8H,2-6H2,1H3/b10-7-. The number of hydrogen-bond donors (Lipinski definition) is 0. The topological polar surface area (TPSA) is 75.7 Å². The van der Waals surface area contributed by atoms with Crippen LogP contribution in [0.1, 0.15) is 12.7 Å². The summed E-state index contributed by atoms with van der Waals surface area (Å²) in [6.07, 6.45) is 1.38. The molecule has 21 heavy (non-hydrogen) atoms. The Morgan fingerprint density at radius 3 is 2.90 bits per heavy atom. The van der Waals surface area contributed by atoms with Crippen LogP contribution in [0, 0.1) is 11.3 Å². The van der Waals surface area contributed by atoms with Crippen LogP contribution in [0.3, 0.4) is 0 Å². The maximum atomic E-state index is 11.6. The van der Waals surface area contributed by atoms with Gasteiger partial charge in [0.05, 0.1) is 24.3 Å². The molecule has 0 bridgehead atoms. The smallest absolute Gasteiger partial charge is 0.349 e. The number of esters is 1. The highest BCUT2D eigenvalue weighted by Crippen LogP contribution is 2.31. The van der Waals surface area contributed by atoms with Gasteiger partial charge in [-0.05, 0) is 22.9 Å². The van der Waals surface area contributed by atoms with E-state index >= 15 is 0 Å². The van der Waals surface area contributed by atoms with E-state index in [0.29, 0.717) is 24.9 Å². The number of ether oxygens (including phenoxy) is 2. The summed E-state index contributed by atoms with van der Waals surface area (Å²) in [5.74, 6) is 0.444. The third kappa shape index (κ3) is 3.86. The molecule has 0 saturated carbocycles. The first-order valence-corrected chi connectivity index (χ1v) is 7.36. The predicted octanol–water partition coefficient (Wildman–Crippen LogP) is 2.35. The molecule has 1 aromatic heterocycles. The summed E-state index contributed by atoms with van der Waals surface area (Å²) in [6, 6.07) is 3.54. The van der Waals surface area contributed by atoms with Gasteiger partial charge in [-0.25, -0.2) is 4.79 Å². The molecular weight excluding hydrogens is 340 g/mol. The number of furan rings is 1. The van der Waals surface area contributed by atoms with Crippen molar-refractivity contribution in [2.45, 2.75) is 6.92 Å². The van der Waals surface area contributed by atoms with Crippen LogP contribution in [0.4, 0.5) is 5.88 Å². The van der Waals surface area contributed by atoms with Crippen molar-refractivity contribution in [2.24, 2.45) is 0 Å². The van der Waals surface area contributed by atoms with Gasteiger partial charge in [-0.2, -0.15) is 5.26 Å². The molecule has 0 aromatic carbocycles. The molecule has 0 radical (unpaired) electrons. The Kier molecular flexibility index (Phi) is 5.42. The molecular formula is C14H15BrN2O4. The van der Waals surface area contributed by atoms with Crippen LogP contribution in [0.25, 0.3) is 6.08 Å². The number of carbonyl (C=O) groups excluding carboxylic acids is 1. The molecule has 1 aliphatic rings. The molecule has 2 rings (SSSR count). The number of halogens is 1. The first-order chi connectivity index (χ1) is 10.2. The second-order valence-corrected chi connectivity index (χ2v) is 5.15. The minimum atomic E-state index is -0.652. The third-order valence-electron chi connectivity index (χ3n) is 2.89. The zero-order valence-corrected chi connectivity index (χ0v) is 13.2. The van der Waals surface area contributed by atoms with Gasteiger partial charge in [0.15, 0.2) is 0 Å². The molecule has 1 fully saturated rings. The summed E-state index contributed by atoms with van der Waals surface area (Å²) < 4.78 is 16.6. The van der Waals surface area contributed by atoms with Crippen LogP contribution in [-0.4, -0.2) is 38.9 Å². The van der Waals surface area contributed by atoms with Crippen molar-refractivity contribution < 1.29 is 18.7 Å². The lowest BCUT2D eigenvalue weighted by Crippen LogP contribution is -2.36. The highest BCUT2D eigenvalue weighted by molar-refractivity contribution is 9.10. The van der Waals surface area contributed by atoms with E-state index in [0.717, 1.165) is 17.6 Å². The molecule has 112 valence electrons. The summed E-state index contributed by atoms with van der Waals surface area (Å²) >= 11 is 3.43. The van der Waals surface area contributed by atoms with E-state index in [1.807, 2.05) is 11.0 Å². The fraction of sp³-hybridized carbons (Fsp3) is 0.429. The van der Waals surface area contributed by atoms with Gasteiger partial charge in [0, 0.05) is 25.2 Å². The number of morpholine rings is 1. The molecule has 7 heteroatoms. The van der Waals surface area contributed by atoms with Crippen LogP contribution in [-0.2, 0) is 14.3 Å². The molecule has 0 atom stereocenters. The van der Waals surface area contributed by atoms with Crippen molar-refractivity contribution in [3.05, 3.63) is 21.9 Å². The second-order valence-electron chi connectivity index (χ2n) is 4.29. The molecule has 1 aliphatic heterocycles. The van der Waals surface area contributed by atoms with E-state index in [9.17, 15) is 4.79 Å². The Morgan fingerprint density at radius 2 is 2.29 bits per heavy atom. The largest absolute Gasteiger partial charge is 0.462 e. The normalized spacial score (nSPS) is 15.7. The predicted molar refractivity (Wildman–Crippen MR) is 79.7 cm³/mol. The van der Waals surface area contributed by atoms with Gasteiger partial charge in [0.25, 0.3) is 0 Å². The summed E-state index contributed by atoms with van der Waals surface area (Å²) in [4.78, 5) is 13.6. The number of rotatable bonds is 4. The summed E-state index contributed by atoms with van der Waals surface area (Å²) in [5, 5.41) is 9.01. The minimum absolute atomic E-state index is 0.0911. The quantitative estimate of drug-likeness (QED) is 0.469. The summed E-state index contributed by atoms with van der Waals surface area (Å²) in [7, 11) is 0. The van der Waals surface area contributed by atoms with Crippen molar-refractivity contribution in [3.8, 4) is 6.07 Å². The monoisotopic (exact) mass is 354 g/mol. The lowest BCUT2D eigenvalue weighted by Gasteiger charge is -2.26. The Bertz CT molecular complexity index is 582. The van der Waals surface area contributed by atoms with E-state index < -0.39 is 5.97 Å². The molecule has 1 saturated heterocycles. The van der Waals surface area contributed by atoms with Crippen molar-refractivity contribution in [1.29, 1.82) is 5.26 Å². The van der Waals surface area contributed by atoms with Gasteiger partial charge < -0.3 is 18.8 Å². The zero-order valence-electron chi connectivity index (χ0n) is 11.6. The minimum Gasteiger partial charge on any atom is -0.462 e. The SMILES string of the molecule is CCOC(=O)/C(C#N)=C\c1cc(Br)c(N2CCOCC2)o1. The van der Waals surface area contributed by atoms with Crippen molar-refractivity contribution in [1.82, 2.24) is 0 Å². The molecule has 0 amide bonds. The van der Waals surface area contributed by atoms with E-state index in [1.165, 1.54) is 6.08 Å². The van der Waals surface area contributed by atoms with Crippen molar-refractivity contribution in [3.63, 3.8) is 0 Å². The van der Waals surface area contributed by atoms with E-state index in [4.69, 9.17) is 19.2 Å². The third-order valence-corrected chi connectivity index (χ3v) is 3.46. The average Bonchev–Trinajstić information content (AvgIpc) is 2.86. The molecule has 2 heterocycles. The number of nitrogens with zero attached hydrogens (tertiary/aromatic N) is 2. The first-order valence-electron chi connectivity index (χ1n) is 6.56. The van der Waals surface area contributed by atoms with Crippen molar-refractivity contribution in [2.75, 3.05) is 37.8 Å². The molecule has 0 unspecified atom stereocenters. The highest BCUT2D eigenvalue weighted by Gasteiger charge is 2.19. The van der Waals surface area contributed by atoms with E-state index in [2.05, 4.69) is 15.9 Å². The van der Waals surface area contributed by atoms with Gasteiger partial charge in [-0.1, -0.05) is 0 Å². The second kappa shape index (κ2) is 7.29. The molecule has 0 aliphatic carbocycles. The zero-order chi connectivity index (χ0) is 15.2. The fourth-order valence-electron chi connectivity index (χ4n) is 1.92. The fourth-order valence-corrected chi connectivity index (χ4v) is 2.47. The average molecular weight is 355 g/mol. The number of carbonyl (C=O) groups is 1. The maximum Gasteiger partial charge on any atom is 0.349 e. The molecule has 0 spiro atoms. The molecule has 1 aromatic rings. The summed E-state index contributed by atoms with van der Waals surface area (Å²) in [6.45, 7) is 4.66. The van der Waals surface area contributed by atoms with Gasteiger partial charge in [-0.3, -0.25) is 0 Å². The lowest BCUT2D eigenvalue weighted by molar-refractivity contribution is -0.137. The van der Waals surface area contributed by atoms with E-state index in [-0.39, 0.29) is 12.2 Å². The Hall–Kier alpha value is -1.78. The van der Waals surface area contributed by atoms with Crippen LogP contribution in [0.5, 0.6) is 0 Å². The Balaban J connectivity index is 2.21. The van der Waals surface area contributed by atoms with Crippen LogP contribution < -0.4 is 4.90 Å². The van der Waals surface area contributed by atoms with Gasteiger partial charge in [0.2, 0.25) is 5.88 Å². The molecule has 6 nitrogen and oxygen atoms in total. The lowest BCUT2D eigenvalue weighted by atomic mass is 10.2. The Labute approximate surface area is 131 Å². The van der Waals surface area contributed by atoms with Gasteiger partial charge in [-0.15, -0.1) is 0 Å². The van der Waals surface area contributed by atoms with Crippen molar-refractivity contribution >= 4 is 33.9 Å². The maximum absolute atomic E-state index is 11.6. The first kappa shape index (κ1) is 15.6. The van der Waals surface area contributed by atoms with E-state index in [1.54, 1.807) is 13.0 Å². The number of anilines is 1. The molecule has 0 N–H and O–H groups in total. The van der Waals surface area contributed by atoms with Crippen LogP contribution in [0.15, 0.2) is 20.5 Å².